The van der Waals surface area contributed by atoms with Gasteiger partial charge in [-0.3, -0.25) is 0 Å². The number of rotatable bonds is 2. The molecule has 0 bridgehead atoms. The monoisotopic (exact) mass is 339 g/mol. The van der Waals surface area contributed by atoms with Gasteiger partial charge in [-0.1, -0.05) is 60.7 Å². The van der Waals surface area contributed by atoms with E-state index in [4.69, 9.17) is 9.51 Å². The summed E-state index contributed by atoms with van der Waals surface area (Å²) >= 11 is 0. The molecule has 0 radical (unpaired) electrons. The Bertz CT molecular complexity index is 1250. The first-order valence-corrected chi connectivity index (χ1v) is 8.24. The summed E-state index contributed by atoms with van der Waals surface area (Å²) in [6.45, 7) is 0. The molecule has 124 valence electrons. The summed E-state index contributed by atoms with van der Waals surface area (Å²) in [6.07, 6.45) is 0. The van der Waals surface area contributed by atoms with Crippen LogP contribution in [0.4, 0.5) is 0 Å². The Labute approximate surface area is 148 Å². The van der Waals surface area contributed by atoms with Crippen LogP contribution in [0.15, 0.2) is 83.4 Å². The molecule has 0 atom stereocenters. The van der Waals surface area contributed by atoms with E-state index in [9.17, 15) is 5.11 Å². The number of fused-ring (bicyclic) bond motifs is 3. The minimum Gasteiger partial charge on any atom is -0.539 e. The number of para-hydroxylation sites is 2. The van der Waals surface area contributed by atoms with Crippen molar-refractivity contribution in [2.45, 2.75) is 0 Å². The van der Waals surface area contributed by atoms with Crippen molar-refractivity contribution in [3.05, 3.63) is 78.9 Å². The van der Waals surface area contributed by atoms with Gasteiger partial charge in [-0.25, -0.2) is 4.98 Å². The molecular formula is C21H13N3O2. The standard InChI is InChI=1S/C21H13N3O2/c25-21-20-19(22-17-11-4-5-12-18(17)24(20)23-26-21)16-10-6-9-15(13-16)14-7-2-1-3-8-14/h1-13H. The van der Waals surface area contributed by atoms with Crippen molar-refractivity contribution < 1.29 is 14.1 Å². The average Bonchev–Trinajstić information content (AvgIpc) is 3.10. The molecule has 0 aliphatic rings. The molecule has 0 saturated carbocycles. The normalized spacial score (nSPS) is 11.2. The molecule has 0 amide bonds. The fraction of sp³-hybridized carbons (Fsp3) is 0. The van der Waals surface area contributed by atoms with E-state index in [-0.39, 0.29) is 0 Å². The summed E-state index contributed by atoms with van der Waals surface area (Å²) in [5.74, 6) is -0.497. The molecule has 0 aliphatic carbocycles. The minimum absolute atomic E-state index is 0.342. The molecule has 0 aliphatic heterocycles. The van der Waals surface area contributed by atoms with E-state index < -0.39 is 5.95 Å². The van der Waals surface area contributed by atoms with E-state index in [2.05, 4.69) is 17.4 Å². The van der Waals surface area contributed by atoms with Crippen LogP contribution < -0.4 is 9.62 Å². The summed E-state index contributed by atoms with van der Waals surface area (Å²) in [5.41, 5.74) is 5.39. The Morgan fingerprint density at radius 2 is 1.50 bits per heavy atom. The van der Waals surface area contributed by atoms with Gasteiger partial charge in [0.15, 0.2) is 5.95 Å². The van der Waals surface area contributed by atoms with Gasteiger partial charge in [0, 0.05) is 11.6 Å². The van der Waals surface area contributed by atoms with Gasteiger partial charge >= 0.3 is 0 Å². The summed E-state index contributed by atoms with van der Waals surface area (Å²) in [5, 5.41) is 16.2. The third-order valence-corrected chi connectivity index (χ3v) is 4.42. The van der Waals surface area contributed by atoms with Crippen molar-refractivity contribution in [3.63, 3.8) is 0 Å². The van der Waals surface area contributed by atoms with Crippen molar-refractivity contribution in [2.24, 2.45) is 0 Å². The Hall–Kier alpha value is -3.73. The lowest BCUT2D eigenvalue weighted by Gasteiger charge is -2.06. The molecular weight excluding hydrogens is 326 g/mol. The molecule has 5 rings (SSSR count). The van der Waals surface area contributed by atoms with Gasteiger partial charge in [-0.05, 0) is 27.8 Å². The molecule has 3 aromatic carbocycles. The highest BCUT2D eigenvalue weighted by Crippen LogP contribution is 2.30. The molecule has 0 spiro atoms. The highest BCUT2D eigenvalue weighted by molar-refractivity contribution is 5.84. The van der Waals surface area contributed by atoms with E-state index in [1.807, 2.05) is 66.7 Å². The Balaban J connectivity index is 1.80. The van der Waals surface area contributed by atoms with Crippen LogP contribution in [0, 0.1) is 0 Å². The van der Waals surface area contributed by atoms with Gasteiger partial charge < -0.3 is 9.63 Å². The van der Waals surface area contributed by atoms with Crippen LogP contribution in [-0.2, 0) is 0 Å². The average molecular weight is 339 g/mol. The first-order chi connectivity index (χ1) is 12.8. The highest BCUT2D eigenvalue weighted by Gasteiger charge is 2.22. The number of benzene rings is 3. The van der Waals surface area contributed by atoms with Crippen molar-refractivity contribution in [3.8, 4) is 28.3 Å². The molecule has 0 saturated heterocycles. The molecule has 2 aromatic heterocycles. The summed E-state index contributed by atoms with van der Waals surface area (Å²) in [4.78, 5) is 4.72. The topological polar surface area (TPSA) is 66.1 Å². The molecule has 0 unspecified atom stereocenters. The van der Waals surface area contributed by atoms with Gasteiger partial charge in [0.25, 0.3) is 11.0 Å². The van der Waals surface area contributed by atoms with E-state index in [1.54, 1.807) is 0 Å². The van der Waals surface area contributed by atoms with Gasteiger partial charge in [0.1, 0.15) is 11.2 Å². The zero-order valence-electron chi connectivity index (χ0n) is 13.7. The first-order valence-electron chi connectivity index (χ1n) is 8.24. The smallest absolute Gasteiger partial charge is 0.289 e. The number of hydrogen-bond acceptors (Lipinski definition) is 4. The largest absolute Gasteiger partial charge is 0.539 e. The van der Waals surface area contributed by atoms with E-state index in [0.717, 1.165) is 27.7 Å². The molecule has 5 aromatic rings. The van der Waals surface area contributed by atoms with Gasteiger partial charge in [-0.15, -0.1) is 0 Å². The maximum atomic E-state index is 12.3. The quantitative estimate of drug-likeness (QED) is 0.463. The molecule has 5 heteroatoms. The SMILES string of the molecule is [O-]c1on[n+]2c1c(-c1cccc(-c3ccccc3)c1)nc1ccccc12. The van der Waals surface area contributed by atoms with E-state index in [0.29, 0.717) is 11.2 Å². The molecule has 5 nitrogen and oxygen atoms in total. The Morgan fingerprint density at radius 1 is 0.769 bits per heavy atom. The number of nitrogens with zero attached hydrogens (tertiary/aromatic N) is 3. The molecule has 2 heterocycles. The van der Waals surface area contributed by atoms with Crippen molar-refractivity contribution in [2.75, 3.05) is 0 Å². The van der Waals surface area contributed by atoms with Crippen LogP contribution in [-0.4, -0.2) is 10.3 Å². The second-order valence-corrected chi connectivity index (χ2v) is 6.02. The van der Waals surface area contributed by atoms with Gasteiger partial charge in [-0.2, -0.15) is 0 Å². The number of aromatic nitrogens is 3. The third-order valence-electron chi connectivity index (χ3n) is 4.42. The first kappa shape index (κ1) is 14.6. The van der Waals surface area contributed by atoms with Crippen LogP contribution in [0.25, 0.3) is 38.9 Å². The van der Waals surface area contributed by atoms with Crippen LogP contribution in [0.5, 0.6) is 5.95 Å². The lowest BCUT2D eigenvalue weighted by atomic mass is 10.0. The van der Waals surface area contributed by atoms with E-state index in [1.165, 1.54) is 4.52 Å². The van der Waals surface area contributed by atoms with Crippen molar-refractivity contribution in [1.82, 2.24) is 10.3 Å². The Morgan fingerprint density at radius 3 is 2.38 bits per heavy atom. The van der Waals surface area contributed by atoms with Crippen LogP contribution in [0.1, 0.15) is 0 Å². The second-order valence-electron chi connectivity index (χ2n) is 6.02. The van der Waals surface area contributed by atoms with E-state index >= 15 is 0 Å². The Kier molecular flexibility index (Phi) is 3.18. The maximum Gasteiger partial charge on any atom is 0.289 e. The fourth-order valence-corrected chi connectivity index (χ4v) is 3.20. The highest BCUT2D eigenvalue weighted by atomic mass is 16.6. The lowest BCUT2D eigenvalue weighted by Crippen LogP contribution is -2.25. The van der Waals surface area contributed by atoms with Crippen molar-refractivity contribution >= 4 is 16.6 Å². The third kappa shape index (κ3) is 2.22. The summed E-state index contributed by atoms with van der Waals surface area (Å²) < 4.78 is 6.44. The van der Waals surface area contributed by atoms with Crippen LogP contribution in [0.2, 0.25) is 0 Å². The number of hydrogen-bond donors (Lipinski definition) is 0. The van der Waals surface area contributed by atoms with Crippen molar-refractivity contribution in [1.29, 1.82) is 0 Å². The summed E-state index contributed by atoms with van der Waals surface area (Å²) in [7, 11) is 0. The molecule has 0 N–H and O–H groups in total. The van der Waals surface area contributed by atoms with Crippen LogP contribution in [0.3, 0.4) is 0 Å². The maximum absolute atomic E-state index is 12.3. The predicted molar refractivity (Wildman–Crippen MR) is 95.3 cm³/mol. The molecule has 26 heavy (non-hydrogen) atoms. The van der Waals surface area contributed by atoms with Gasteiger partial charge in [0.2, 0.25) is 0 Å². The minimum atomic E-state index is -0.497. The zero-order valence-corrected chi connectivity index (χ0v) is 13.7. The fourth-order valence-electron chi connectivity index (χ4n) is 3.20. The molecule has 0 fully saturated rings. The summed E-state index contributed by atoms with van der Waals surface area (Å²) in [6, 6.07) is 25.6. The van der Waals surface area contributed by atoms with Gasteiger partial charge in [0.05, 0.1) is 5.27 Å². The van der Waals surface area contributed by atoms with Crippen LogP contribution >= 0.6 is 0 Å². The zero-order chi connectivity index (χ0) is 17.5. The predicted octanol–water partition coefficient (Wildman–Crippen LogP) is 3.37. The lowest BCUT2D eigenvalue weighted by molar-refractivity contribution is -0.568. The second kappa shape index (κ2) is 5.67.